The number of pyridine rings is 1. The molecule has 0 aliphatic carbocycles. The average Bonchev–Trinajstić information content (AvgIpc) is 2.99. The van der Waals surface area contributed by atoms with Gasteiger partial charge in [-0.2, -0.15) is 0 Å². The lowest BCUT2D eigenvalue weighted by Gasteiger charge is -2.32. The number of aryl methyl sites for hydroxylation is 1. The Labute approximate surface area is 201 Å². The first kappa shape index (κ1) is 23.8. The second-order valence-corrected chi connectivity index (χ2v) is 10.3. The van der Waals surface area contributed by atoms with Crippen molar-refractivity contribution in [3.8, 4) is 28.1 Å². The quantitative estimate of drug-likeness (QED) is 0.474. The first-order valence-corrected chi connectivity index (χ1v) is 11.6. The zero-order valence-electron chi connectivity index (χ0n) is 21.3. The Morgan fingerprint density at radius 2 is 1.36 bits per heavy atom. The lowest BCUT2D eigenvalue weighted by molar-refractivity contribution is 0.00578. The predicted molar refractivity (Wildman–Crippen MR) is 150 cm³/mol. The monoisotopic (exact) mass is 435 g/mol. The van der Waals surface area contributed by atoms with Gasteiger partial charge in [-0.1, -0.05) is 46.1 Å². The fraction of sp³-hybridized carbons (Fsp3) is 0.292. The Bertz CT molecular complexity index is 1200. The Balaban J connectivity index is 1.65. The normalized spacial score (nSPS) is 16.8. The van der Waals surface area contributed by atoms with Crippen molar-refractivity contribution < 1.29 is 14.4 Å². The van der Waals surface area contributed by atoms with E-state index in [2.05, 4.69) is 80.6 Å². The van der Waals surface area contributed by atoms with E-state index in [4.69, 9.17) is 14.3 Å². The molecule has 0 radical (unpaired) electrons. The van der Waals surface area contributed by atoms with Crippen molar-refractivity contribution >= 4 is 65.8 Å². The molecule has 0 saturated carbocycles. The third kappa shape index (κ3) is 3.96. The van der Waals surface area contributed by atoms with E-state index in [1.54, 1.807) is 0 Å². The highest BCUT2D eigenvalue weighted by molar-refractivity contribution is 6.62. The summed E-state index contributed by atoms with van der Waals surface area (Å²) in [6, 6.07) is 10.4. The maximum atomic E-state index is 10.4. The van der Waals surface area contributed by atoms with E-state index in [9.17, 15) is 5.11 Å². The van der Waals surface area contributed by atoms with Gasteiger partial charge < -0.3 is 14.4 Å². The van der Waals surface area contributed by atoms with Gasteiger partial charge in [-0.3, -0.25) is 4.98 Å². The predicted octanol–water partition coefficient (Wildman–Crippen LogP) is -2.24. The summed E-state index contributed by atoms with van der Waals surface area (Å²) in [5, 5.41) is 10.4. The molecule has 2 aromatic carbocycles. The molecule has 0 atom stereocenters. The van der Waals surface area contributed by atoms with Crippen LogP contribution in [0.2, 0.25) is 0 Å². The summed E-state index contributed by atoms with van der Waals surface area (Å²) in [6.45, 7) is 10.4. The summed E-state index contributed by atoms with van der Waals surface area (Å²) in [6.07, 6.45) is 1.96. The molecule has 33 heavy (non-hydrogen) atoms. The number of phenols is 1. The number of rotatable bonds is 3. The molecule has 9 heteroatoms. The first-order valence-electron chi connectivity index (χ1n) is 11.6. The van der Waals surface area contributed by atoms with Gasteiger partial charge in [-0.25, -0.2) is 0 Å². The molecular formula is C24H30B5NO3. The molecule has 164 valence electrons. The van der Waals surface area contributed by atoms with Crippen LogP contribution < -0.4 is 27.3 Å². The Kier molecular flexibility index (Phi) is 5.87. The van der Waals surface area contributed by atoms with Crippen LogP contribution in [0.4, 0.5) is 0 Å². The summed E-state index contributed by atoms with van der Waals surface area (Å²) in [4.78, 5) is 4.80. The smallest absolute Gasteiger partial charge is 0.494 e. The Hall–Kier alpha value is -2.37. The second-order valence-electron chi connectivity index (χ2n) is 10.3. The summed E-state index contributed by atoms with van der Waals surface area (Å²) >= 11 is 0. The van der Waals surface area contributed by atoms with Gasteiger partial charge in [-0.15, -0.1) is 0 Å². The van der Waals surface area contributed by atoms with Gasteiger partial charge in [0.1, 0.15) is 37.1 Å². The van der Waals surface area contributed by atoms with E-state index >= 15 is 0 Å². The van der Waals surface area contributed by atoms with Gasteiger partial charge in [0.2, 0.25) is 0 Å². The van der Waals surface area contributed by atoms with Crippen molar-refractivity contribution in [2.45, 2.75) is 45.8 Å². The molecule has 0 bridgehead atoms. The Morgan fingerprint density at radius 3 is 1.85 bits per heavy atom. The number of hydrogen-bond donors (Lipinski definition) is 1. The minimum atomic E-state index is -0.368. The molecule has 1 fully saturated rings. The number of hydrogen-bond acceptors (Lipinski definition) is 4. The van der Waals surface area contributed by atoms with Gasteiger partial charge in [0, 0.05) is 17.3 Å². The van der Waals surface area contributed by atoms with Crippen molar-refractivity contribution in [1.29, 1.82) is 0 Å². The molecule has 3 aromatic rings. The molecule has 0 spiro atoms. The minimum absolute atomic E-state index is 0.355. The number of aromatic hydroxyl groups is 1. The van der Waals surface area contributed by atoms with Crippen LogP contribution in [0.3, 0.4) is 0 Å². The largest absolute Gasteiger partial charge is 0.509 e. The summed E-state index contributed by atoms with van der Waals surface area (Å²) in [5.74, 6) is 0.387. The molecular weight excluding hydrogens is 404 g/mol. The minimum Gasteiger partial charge on any atom is -0.509 e. The highest BCUT2D eigenvalue weighted by atomic mass is 16.7. The van der Waals surface area contributed by atoms with Crippen LogP contribution >= 0.6 is 0 Å². The van der Waals surface area contributed by atoms with E-state index in [1.165, 1.54) is 0 Å². The SMILES string of the molecule is Bc1c(B)c(-c2cnc(-c3ccc(B4OC(C)(C)C(C)(C)O4)cc3)cc2C)c(B)c(B)c1O. The van der Waals surface area contributed by atoms with E-state index in [0.717, 1.165) is 55.3 Å². The van der Waals surface area contributed by atoms with Crippen molar-refractivity contribution in [2.24, 2.45) is 0 Å². The van der Waals surface area contributed by atoms with Crippen LogP contribution in [0.15, 0.2) is 36.5 Å². The van der Waals surface area contributed by atoms with Crippen LogP contribution in [0, 0.1) is 6.92 Å². The van der Waals surface area contributed by atoms with Gasteiger partial charge >= 0.3 is 7.12 Å². The number of nitrogens with zero attached hydrogens (tertiary/aromatic N) is 1. The number of phenolic OH excluding ortho intramolecular Hbond substituents is 1. The zero-order chi connectivity index (χ0) is 24.3. The molecule has 2 heterocycles. The fourth-order valence-electron chi connectivity index (χ4n) is 4.46. The van der Waals surface area contributed by atoms with Gasteiger partial charge in [0.25, 0.3) is 0 Å². The maximum Gasteiger partial charge on any atom is 0.494 e. The number of aromatic nitrogens is 1. The second kappa shape index (κ2) is 8.14. The van der Waals surface area contributed by atoms with E-state index in [1.807, 2.05) is 21.9 Å². The van der Waals surface area contributed by atoms with Crippen LogP contribution in [0.5, 0.6) is 5.75 Å². The lowest BCUT2D eigenvalue weighted by Crippen LogP contribution is -2.42. The molecule has 1 aromatic heterocycles. The molecule has 4 nitrogen and oxygen atoms in total. The fourth-order valence-corrected chi connectivity index (χ4v) is 4.46. The zero-order valence-corrected chi connectivity index (χ0v) is 21.3. The topological polar surface area (TPSA) is 51.6 Å². The molecule has 1 saturated heterocycles. The van der Waals surface area contributed by atoms with E-state index in [-0.39, 0.29) is 18.3 Å². The van der Waals surface area contributed by atoms with Gasteiger partial charge in [-0.05, 0) is 57.3 Å². The molecule has 1 N–H and O–H groups in total. The van der Waals surface area contributed by atoms with Crippen molar-refractivity contribution in [2.75, 3.05) is 0 Å². The molecule has 4 rings (SSSR count). The third-order valence-corrected chi connectivity index (χ3v) is 7.70. The lowest BCUT2D eigenvalue weighted by atomic mass is 9.65. The maximum absolute atomic E-state index is 10.4. The van der Waals surface area contributed by atoms with Crippen molar-refractivity contribution in [3.63, 3.8) is 0 Å². The standard InChI is InChI=1S/C24H30B5NO3/c1-12-10-16(30-11-15(12)17-18(25)20(27)22(31)21(28)19(17)26)13-6-8-14(9-7-13)29-32-23(2,3)24(4,5)33-29/h6-11,31H,25-28H2,1-5H3. The third-order valence-electron chi connectivity index (χ3n) is 7.70. The van der Waals surface area contributed by atoms with Crippen molar-refractivity contribution in [3.05, 3.63) is 42.1 Å². The van der Waals surface area contributed by atoms with Crippen molar-refractivity contribution in [1.82, 2.24) is 4.98 Å². The van der Waals surface area contributed by atoms with Crippen LogP contribution in [0.1, 0.15) is 33.3 Å². The summed E-state index contributed by atoms with van der Waals surface area (Å²) < 4.78 is 12.3. The summed E-state index contributed by atoms with van der Waals surface area (Å²) in [7, 11) is 7.71. The van der Waals surface area contributed by atoms with Crippen LogP contribution in [0.25, 0.3) is 22.4 Å². The molecule has 0 unspecified atom stereocenters. The highest BCUT2D eigenvalue weighted by Crippen LogP contribution is 2.36. The van der Waals surface area contributed by atoms with E-state index < -0.39 is 0 Å². The highest BCUT2D eigenvalue weighted by Gasteiger charge is 2.51. The average molecular weight is 435 g/mol. The number of benzene rings is 2. The Morgan fingerprint density at radius 1 is 0.848 bits per heavy atom. The molecule has 1 aliphatic rings. The molecule has 1 aliphatic heterocycles. The molecule has 0 amide bonds. The van der Waals surface area contributed by atoms with Crippen LogP contribution in [-0.4, -0.2) is 59.8 Å². The first-order chi connectivity index (χ1) is 15.3. The summed E-state index contributed by atoms with van der Waals surface area (Å²) in [5.41, 5.74) is 9.75. The van der Waals surface area contributed by atoms with E-state index in [0.29, 0.717) is 5.75 Å². The van der Waals surface area contributed by atoms with Crippen LogP contribution in [-0.2, 0) is 9.31 Å². The van der Waals surface area contributed by atoms with Gasteiger partial charge in [0.05, 0.1) is 16.9 Å². The van der Waals surface area contributed by atoms with Gasteiger partial charge in [0.15, 0.2) is 0 Å².